The Bertz CT molecular complexity index is 413. The first kappa shape index (κ1) is 14.8. The van der Waals surface area contributed by atoms with Crippen LogP contribution in [0.25, 0.3) is 0 Å². The quantitative estimate of drug-likeness (QED) is 0.923. The molecule has 1 heterocycles. The lowest BCUT2D eigenvalue weighted by Gasteiger charge is -2.37. The Balaban J connectivity index is 1.89. The number of hydrogen-bond acceptors (Lipinski definition) is 3. The van der Waals surface area contributed by atoms with Gasteiger partial charge >= 0.3 is 0 Å². The highest BCUT2D eigenvalue weighted by molar-refractivity contribution is 6.31. The molecule has 0 radical (unpaired) electrons. The van der Waals surface area contributed by atoms with E-state index in [2.05, 4.69) is 18.7 Å². The minimum atomic E-state index is -0.000879. The molecule has 1 aromatic rings. The van der Waals surface area contributed by atoms with Crippen molar-refractivity contribution in [2.24, 2.45) is 5.73 Å². The van der Waals surface area contributed by atoms with Crippen LogP contribution >= 0.6 is 11.6 Å². The second-order valence-electron chi connectivity index (χ2n) is 5.40. The molecule has 0 spiro atoms. The average molecular weight is 283 g/mol. The van der Waals surface area contributed by atoms with Crippen LogP contribution in [0.5, 0.6) is 0 Å². The van der Waals surface area contributed by atoms with Crippen LogP contribution in [-0.2, 0) is 4.74 Å². The van der Waals surface area contributed by atoms with E-state index in [0.29, 0.717) is 12.1 Å². The van der Waals surface area contributed by atoms with Crippen molar-refractivity contribution in [1.29, 1.82) is 0 Å². The second kappa shape index (κ2) is 6.71. The Kier molecular flexibility index (Phi) is 5.22. The van der Waals surface area contributed by atoms with Gasteiger partial charge in [-0.1, -0.05) is 29.8 Å². The molecule has 0 amide bonds. The van der Waals surface area contributed by atoms with Gasteiger partial charge in [-0.05, 0) is 31.9 Å². The minimum absolute atomic E-state index is 0.000879. The number of ether oxygens (including phenoxy) is 1. The number of rotatable bonds is 4. The van der Waals surface area contributed by atoms with E-state index in [1.54, 1.807) is 0 Å². The Hall–Kier alpha value is -0.610. The van der Waals surface area contributed by atoms with Crippen molar-refractivity contribution in [3.05, 3.63) is 34.9 Å². The second-order valence-corrected chi connectivity index (χ2v) is 5.81. The fourth-order valence-electron chi connectivity index (χ4n) is 2.52. The number of halogens is 1. The van der Waals surface area contributed by atoms with Crippen LogP contribution < -0.4 is 5.73 Å². The van der Waals surface area contributed by atoms with Crippen LogP contribution in [0, 0.1) is 0 Å². The number of nitrogens with two attached hydrogens (primary N) is 1. The molecule has 2 rings (SSSR count). The van der Waals surface area contributed by atoms with E-state index in [1.165, 1.54) is 0 Å². The van der Waals surface area contributed by atoms with E-state index in [-0.39, 0.29) is 6.04 Å². The van der Waals surface area contributed by atoms with Crippen LogP contribution in [-0.4, -0.2) is 36.7 Å². The molecule has 2 N–H and O–H groups in total. The van der Waals surface area contributed by atoms with E-state index < -0.39 is 0 Å². The van der Waals surface area contributed by atoms with Gasteiger partial charge in [-0.3, -0.25) is 4.90 Å². The molecule has 0 saturated carbocycles. The zero-order chi connectivity index (χ0) is 13.8. The van der Waals surface area contributed by atoms with Gasteiger partial charge in [0.15, 0.2) is 0 Å². The Morgan fingerprint density at radius 3 is 2.89 bits per heavy atom. The lowest BCUT2D eigenvalue weighted by Crippen LogP contribution is -2.47. The molecule has 4 heteroatoms. The summed E-state index contributed by atoms with van der Waals surface area (Å²) >= 11 is 6.18. The minimum Gasteiger partial charge on any atom is -0.376 e. The molecule has 1 aliphatic rings. The first-order chi connectivity index (χ1) is 9.08. The number of morpholine rings is 1. The molecule has 106 valence electrons. The summed E-state index contributed by atoms with van der Waals surface area (Å²) < 4.78 is 5.64. The van der Waals surface area contributed by atoms with Crippen molar-refractivity contribution < 1.29 is 4.74 Å². The highest BCUT2D eigenvalue weighted by atomic mass is 35.5. The van der Waals surface area contributed by atoms with Gasteiger partial charge in [-0.15, -0.1) is 0 Å². The van der Waals surface area contributed by atoms with Gasteiger partial charge < -0.3 is 10.5 Å². The average Bonchev–Trinajstić information content (AvgIpc) is 2.40. The van der Waals surface area contributed by atoms with Crippen molar-refractivity contribution in [3.8, 4) is 0 Å². The number of nitrogens with zero attached hydrogens (tertiary/aromatic N) is 1. The molecular formula is C15H23ClN2O. The summed E-state index contributed by atoms with van der Waals surface area (Å²) in [4.78, 5) is 2.45. The molecule has 3 nitrogen and oxygen atoms in total. The Labute approximate surface area is 120 Å². The molecular weight excluding hydrogens is 260 g/mol. The van der Waals surface area contributed by atoms with Crippen LogP contribution in [0.3, 0.4) is 0 Å². The maximum absolute atomic E-state index is 6.25. The van der Waals surface area contributed by atoms with E-state index in [0.717, 1.165) is 36.7 Å². The predicted octanol–water partition coefficient (Wildman–Crippen LogP) is 2.84. The largest absolute Gasteiger partial charge is 0.376 e. The lowest BCUT2D eigenvalue weighted by molar-refractivity contribution is -0.0499. The van der Waals surface area contributed by atoms with Crippen molar-refractivity contribution in [2.45, 2.75) is 38.5 Å². The van der Waals surface area contributed by atoms with E-state index in [9.17, 15) is 0 Å². The van der Waals surface area contributed by atoms with Crippen LogP contribution in [0.1, 0.15) is 31.9 Å². The van der Waals surface area contributed by atoms with Gasteiger partial charge in [-0.25, -0.2) is 0 Å². The normalized spacial score (nSPS) is 26.3. The predicted molar refractivity (Wildman–Crippen MR) is 79.4 cm³/mol. The molecule has 3 atom stereocenters. The monoisotopic (exact) mass is 282 g/mol. The zero-order valence-corrected chi connectivity index (χ0v) is 12.4. The van der Waals surface area contributed by atoms with Crippen molar-refractivity contribution in [3.63, 3.8) is 0 Å². The van der Waals surface area contributed by atoms with Gasteiger partial charge in [0.25, 0.3) is 0 Å². The maximum atomic E-state index is 6.25. The SMILES string of the molecule is CC1CN(CCC(N)c2ccccc2Cl)C(C)CO1. The summed E-state index contributed by atoms with van der Waals surface area (Å²) in [5.41, 5.74) is 7.29. The highest BCUT2D eigenvalue weighted by Gasteiger charge is 2.23. The summed E-state index contributed by atoms with van der Waals surface area (Å²) in [5, 5.41) is 0.762. The number of benzene rings is 1. The van der Waals surface area contributed by atoms with Crippen LogP contribution in [0.15, 0.2) is 24.3 Å². The summed E-state index contributed by atoms with van der Waals surface area (Å²) in [7, 11) is 0. The Morgan fingerprint density at radius 2 is 2.16 bits per heavy atom. The molecule has 1 aliphatic heterocycles. The van der Waals surface area contributed by atoms with Crippen molar-refractivity contribution in [1.82, 2.24) is 4.90 Å². The standard InChI is InChI=1S/C15H23ClN2O/c1-11-10-19-12(2)9-18(11)8-7-15(17)13-5-3-4-6-14(13)16/h3-6,11-12,15H,7-10,17H2,1-2H3. The molecule has 1 aromatic carbocycles. The van der Waals surface area contributed by atoms with E-state index >= 15 is 0 Å². The molecule has 1 fully saturated rings. The molecule has 1 saturated heterocycles. The summed E-state index contributed by atoms with van der Waals surface area (Å²) in [6, 6.07) is 8.30. The smallest absolute Gasteiger partial charge is 0.0674 e. The molecule has 19 heavy (non-hydrogen) atoms. The van der Waals surface area contributed by atoms with Gasteiger partial charge in [0.2, 0.25) is 0 Å². The van der Waals surface area contributed by atoms with Crippen LogP contribution in [0.2, 0.25) is 5.02 Å². The lowest BCUT2D eigenvalue weighted by atomic mass is 10.0. The summed E-state index contributed by atoms with van der Waals surface area (Å²) in [5.74, 6) is 0. The maximum Gasteiger partial charge on any atom is 0.0674 e. The molecule has 0 aliphatic carbocycles. The molecule has 0 aromatic heterocycles. The third-order valence-corrected chi connectivity index (χ3v) is 4.11. The summed E-state index contributed by atoms with van der Waals surface area (Å²) in [6.07, 6.45) is 1.23. The molecule has 0 bridgehead atoms. The first-order valence-electron chi connectivity index (χ1n) is 6.93. The zero-order valence-electron chi connectivity index (χ0n) is 11.7. The fourth-order valence-corrected chi connectivity index (χ4v) is 2.80. The third kappa shape index (κ3) is 3.93. The van der Waals surface area contributed by atoms with Gasteiger partial charge in [0.1, 0.15) is 0 Å². The van der Waals surface area contributed by atoms with Crippen molar-refractivity contribution >= 4 is 11.6 Å². The van der Waals surface area contributed by atoms with E-state index in [4.69, 9.17) is 22.1 Å². The van der Waals surface area contributed by atoms with E-state index in [1.807, 2.05) is 24.3 Å². The topological polar surface area (TPSA) is 38.5 Å². The van der Waals surface area contributed by atoms with Gasteiger partial charge in [0.05, 0.1) is 12.7 Å². The first-order valence-corrected chi connectivity index (χ1v) is 7.31. The van der Waals surface area contributed by atoms with Crippen molar-refractivity contribution in [2.75, 3.05) is 19.7 Å². The van der Waals surface area contributed by atoms with Gasteiger partial charge in [0, 0.05) is 30.2 Å². The summed E-state index contributed by atoms with van der Waals surface area (Å²) in [6.45, 7) is 7.10. The molecule has 3 unspecified atom stereocenters. The van der Waals surface area contributed by atoms with Crippen LogP contribution in [0.4, 0.5) is 0 Å². The highest BCUT2D eigenvalue weighted by Crippen LogP contribution is 2.24. The fraction of sp³-hybridized carbons (Fsp3) is 0.600. The Morgan fingerprint density at radius 1 is 1.42 bits per heavy atom. The third-order valence-electron chi connectivity index (χ3n) is 3.77. The van der Waals surface area contributed by atoms with Gasteiger partial charge in [-0.2, -0.15) is 0 Å². The number of hydrogen-bond donors (Lipinski definition) is 1.